The molecule has 1 aliphatic rings. The maximum atomic E-state index is 12.4. The van der Waals surface area contributed by atoms with Crippen molar-refractivity contribution in [1.29, 1.82) is 0 Å². The first kappa shape index (κ1) is 14.3. The minimum atomic E-state index is -0.237. The molecule has 0 spiro atoms. The molecular formula is C21H20O2. The summed E-state index contributed by atoms with van der Waals surface area (Å²) in [6.07, 6.45) is 6.18. The van der Waals surface area contributed by atoms with Gasteiger partial charge in [-0.15, -0.1) is 0 Å². The second-order valence-electron chi connectivity index (χ2n) is 6.38. The maximum Gasteiger partial charge on any atom is 0.344 e. The van der Waals surface area contributed by atoms with Crippen LogP contribution in [0.15, 0.2) is 63.8 Å². The summed E-state index contributed by atoms with van der Waals surface area (Å²) in [7, 11) is 0. The fourth-order valence-corrected chi connectivity index (χ4v) is 3.82. The largest absolute Gasteiger partial charge is 0.422 e. The van der Waals surface area contributed by atoms with Crippen LogP contribution in [-0.2, 0) is 0 Å². The van der Waals surface area contributed by atoms with Gasteiger partial charge in [-0.3, -0.25) is 0 Å². The van der Waals surface area contributed by atoms with Crippen molar-refractivity contribution in [3.63, 3.8) is 0 Å². The molecule has 1 saturated carbocycles. The second kappa shape index (κ2) is 6.04. The van der Waals surface area contributed by atoms with Gasteiger partial charge >= 0.3 is 5.63 Å². The van der Waals surface area contributed by atoms with E-state index in [0.29, 0.717) is 11.3 Å². The average molecular weight is 304 g/mol. The Kier molecular flexibility index (Phi) is 3.74. The van der Waals surface area contributed by atoms with Crippen LogP contribution in [0.2, 0.25) is 0 Å². The van der Waals surface area contributed by atoms with Gasteiger partial charge in [0.1, 0.15) is 5.76 Å². The summed E-state index contributed by atoms with van der Waals surface area (Å²) in [6, 6.07) is 17.9. The van der Waals surface area contributed by atoms with Crippen LogP contribution < -0.4 is 5.63 Å². The lowest BCUT2D eigenvalue weighted by molar-refractivity contribution is 0.434. The lowest BCUT2D eigenvalue weighted by Crippen LogP contribution is -2.11. The Labute approximate surface area is 135 Å². The van der Waals surface area contributed by atoms with E-state index in [9.17, 15) is 4.79 Å². The summed E-state index contributed by atoms with van der Waals surface area (Å²) in [5, 5.41) is 1.77. The van der Waals surface area contributed by atoms with Gasteiger partial charge in [0.2, 0.25) is 0 Å². The third-order valence-corrected chi connectivity index (χ3v) is 4.93. The molecule has 0 saturated heterocycles. The van der Waals surface area contributed by atoms with Gasteiger partial charge in [0.05, 0.1) is 5.39 Å². The monoisotopic (exact) mass is 304 g/mol. The van der Waals surface area contributed by atoms with Crippen molar-refractivity contribution in [2.75, 3.05) is 0 Å². The van der Waals surface area contributed by atoms with E-state index < -0.39 is 0 Å². The first-order valence-electron chi connectivity index (χ1n) is 8.46. The van der Waals surface area contributed by atoms with E-state index in [0.717, 1.165) is 16.7 Å². The summed E-state index contributed by atoms with van der Waals surface area (Å²) in [5.74, 6) is 1.24. The van der Waals surface area contributed by atoms with Gasteiger partial charge in [-0.05, 0) is 30.2 Å². The fourth-order valence-electron chi connectivity index (χ4n) is 3.82. The van der Waals surface area contributed by atoms with Crippen LogP contribution >= 0.6 is 0 Å². The Hall–Kier alpha value is -2.35. The van der Waals surface area contributed by atoms with Crippen LogP contribution in [0.1, 0.15) is 43.6 Å². The summed E-state index contributed by atoms with van der Waals surface area (Å²) in [6.45, 7) is 0. The zero-order valence-corrected chi connectivity index (χ0v) is 13.1. The van der Waals surface area contributed by atoms with E-state index in [-0.39, 0.29) is 5.63 Å². The van der Waals surface area contributed by atoms with Crippen molar-refractivity contribution in [3.05, 3.63) is 70.6 Å². The van der Waals surface area contributed by atoms with Crippen molar-refractivity contribution in [3.8, 4) is 11.3 Å². The molecule has 1 fully saturated rings. The molecular weight excluding hydrogens is 284 g/mol. The van der Waals surface area contributed by atoms with Gasteiger partial charge in [-0.25, -0.2) is 4.79 Å². The average Bonchev–Trinajstić information content (AvgIpc) is 2.63. The van der Waals surface area contributed by atoms with Crippen LogP contribution in [-0.4, -0.2) is 0 Å². The van der Waals surface area contributed by atoms with Gasteiger partial charge < -0.3 is 4.42 Å². The van der Waals surface area contributed by atoms with E-state index in [1.165, 1.54) is 37.7 Å². The third kappa shape index (κ3) is 2.59. The van der Waals surface area contributed by atoms with Crippen molar-refractivity contribution >= 4 is 10.8 Å². The highest BCUT2D eigenvalue weighted by molar-refractivity contribution is 5.89. The predicted molar refractivity (Wildman–Crippen MR) is 93.7 cm³/mol. The Morgan fingerprint density at radius 3 is 2.17 bits per heavy atom. The van der Waals surface area contributed by atoms with Crippen LogP contribution in [0.3, 0.4) is 0 Å². The molecule has 0 unspecified atom stereocenters. The van der Waals surface area contributed by atoms with E-state index in [4.69, 9.17) is 4.42 Å². The molecule has 2 aromatic carbocycles. The molecule has 0 amide bonds. The SMILES string of the molecule is O=c1oc(-c2ccccc2)c(C2CCCCC2)c2ccccc12. The highest BCUT2D eigenvalue weighted by Crippen LogP contribution is 2.40. The fraction of sp³-hybridized carbons (Fsp3) is 0.286. The topological polar surface area (TPSA) is 30.2 Å². The molecule has 0 N–H and O–H groups in total. The molecule has 0 radical (unpaired) electrons. The van der Waals surface area contributed by atoms with E-state index in [2.05, 4.69) is 6.07 Å². The van der Waals surface area contributed by atoms with E-state index >= 15 is 0 Å². The maximum absolute atomic E-state index is 12.4. The first-order valence-corrected chi connectivity index (χ1v) is 8.46. The molecule has 1 aliphatic carbocycles. The third-order valence-electron chi connectivity index (χ3n) is 4.93. The quantitative estimate of drug-likeness (QED) is 0.625. The Morgan fingerprint density at radius 2 is 1.43 bits per heavy atom. The van der Waals surface area contributed by atoms with Crippen LogP contribution in [0.5, 0.6) is 0 Å². The number of fused-ring (bicyclic) bond motifs is 1. The molecule has 2 nitrogen and oxygen atoms in total. The number of hydrogen-bond donors (Lipinski definition) is 0. The minimum Gasteiger partial charge on any atom is -0.422 e. The van der Waals surface area contributed by atoms with Crippen LogP contribution in [0, 0.1) is 0 Å². The lowest BCUT2D eigenvalue weighted by atomic mass is 9.81. The van der Waals surface area contributed by atoms with Crippen molar-refractivity contribution in [2.45, 2.75) is 38.0 Å². The zero-order valence-electron chi connectivity index (χ0n) is 13.1. The Bertz CT molecular complexity index is 871. The molecule has 23 heavy (non-hydrogen) atoms. The lowest BCUT2D eigenvalue weighted by Gasteiger charge is -2.25. The molecule has 0 aliphatic heterocycles. The smallest absolute Gasteiger partial charge is 0.344 e. The zero-order chi connectivity index (χ0) is 15.6. The molecule has 116 valence electrons. The number of benzene rings is 2. The first-order chi connectivity index (χ1) is 11.3. The molecule has 0 atom stereocenters. The normalized spacial score (nSPS) is 15.8. The summed E-state index contributed by atoms with van der Waals surface area (Å²) in [4.78, 5) is 12.4. The number of hydrogen-bond acceptors (Lipinski definition) is 2. The van der Waals surface area contributed by atoms with Crippen molar-refractivity contribution in [1.82, 2.24) is 0 Å². The van der Waals surface area contributed by atoms with Gasteiger partial charge in [0.15, 0.2) is 0 Å². The van der Waals surface area contributed by atoms with Gasteiger partial charge in [-0.1, -0.05) is 67.8 Å². The summed E-state index contributed by atoms with van der Waals surface area (Å²) < 4.78 is 5.81. The van der Waals surface area contributed by atoms with Crippen LogP contribution in [0.25, 0.3) is 22.1 Å². The highest BCUT2D eigenvalue weighted by atomic mass is 16.4. The molecule has 0 bridgehead atoms. The summed E-state index contributed by atoms with van der Waals surface area (Å²) in [5.41, 5.74) is 1.99. The molecule has 4 rings (SSSR count). The van der Waals surface area contributed by atoms with Gasteiger partial charge in [-0.2, -0.15) is 0 Å². The second-order valence-corrected chi connectivity index (χ2v) is 6.38. The Balaban J connectivity index is 2.02. The number of rotatable bonds is 2. The van der Waals surface area contributed by atoms with Crippen LogP contribution in [0.4, 0.5) is 0 Å². The molecule has 1 heterocycles. The standard InChI is InChI=1S/C21H20O2/c22-21-18-14-8-7-13-17(18)19(15-9-3-1-4-10-15)20(23-21)16-11-5-2-6-12-16/h2,5-8,11-15H,1,3-4,9-10H2. The molecule has 3 aromatic rings. The summed E-state index contributed by atoms with van der Waals surface area (Å²) >= 11 is 0. The predicted octanol–water partition coefficient (Wildman–Crippen LogP) is 5.51. The van der Waals surface area contributed by atoms with Gasteiger partial charge in [0.25, 0.3) is 0 Å². The van der Waals surface area contributed by atoms with Crippen molar-refractivity contribution < 1.29 is 4.42 Å². The van der Waals surface area contributed by atoms with Gasteiger partial charge in [0, 0.05) is 11.1 Å². The molecule has 1 aromatic heterocycles. The minimum absolute atomic E-state index is 0.237. The van der Waals surface area contributed by atoms with E-state index in [1.807, 2.05) is 48.5 Å². The molecule has 2 heteroatoms. The Morgan fingerprint density at radius 1 is 0.783 bits per heavy atom. The van der Waals surface area contributed by atoms with E-state index in [1.54, 1.807) is 0 Å². The highest BCUT2D eigenvalue weighted by Gasteiger charge is 2.24. The van der Waals surface area contributed by atoms with Crippen molar-refractivity contribution in [2.24, 2.45) is 0 Å².